The van der Waals surface area contributed by atoms with Crippen molar-refractivity contribution in [2.75, 3.05) is 12.5 Å². The first-order valence-electron chi connectivity index (χ1n) is 8.65. The number of methoxy groups -OCH3 is 1. The number of benzene rings is 2. The number of ether oxygens (including phenoxy) is 2. The number of aromatic amines is 1. The highest BCUT2D eigenvalue weighted by Crippen LogP contribution is 2.37. The Balaban J connectivity index is 1.74. The van der Waals surface area contributed by atoms with Crippen molar-refractivity contribution in [3.63, 3.8) is 0 Å². The first-order chi connectivity index (χ1) is 13.5. The Labute approximate surface area is 181 Å². The molecule has 0 spiro atoms. The molecule has 1 heterocycles. The Hall–Kier alpha value is -2.03. The highest BCUT2D eigenvalue weighted by atomic mass is 79.9. The molecule has 0 aliphatic carbocycles. The molecule has 0 aliphatic heterocycles. The second-order valence-electron chi connectivity index (χ2n) is 5.99. The van der Waals surface area contributed by atoms with Gasteiger partial charge in [0.1, 0.15) is 6.61 Å². The van der Waals surface area contributed by atoms with Gasteiger partial charge in [0, 0.05) is 11.4 Å². The van der Waals surface area contributed by atoms with E-state index in [4.69, 9.17) is 33.3 Å². The van der Waals surface area contributed by atoms with Crippen molar-refractivity contribution in [3.05, 3.63) is 67.6 Å². The van der Waals surface area contributed by atoms with Gasteiger partial charge in [-0.3, -0.25) is 5.10 Å². The average Bonchev–Trinajstić information content (AvgIpc) is 3.06. The molecular formula is C19H20BrClN4O2S. The number of hydrogen-bond acceptors (Lipinski definition) is 5. The molecule has 148 valence electrons. The molecule has 0 saturated heterocycles. The molecule has 6 nitrogen and oxygen atoms in total. The molecule has 28 heavy (non-hydrogen) atoms. The van der Waals surface area contributed by atoms with Crippen molar-refractivity contribution in [3.8, 4) is 11.5 Å². The number of H-pyrrole nitrogens is 1. The van der Waals surface area contributed by atoms with Crippen LogP contribution in [-0.4, -0.2) is 22.0 Å². The van der Waals surface area contributed by atoms with Crippen LogP contribution in [0.2, 0.25) is 5.02 Å². The van der Waals surface area contributed by atoms with E-state index in [9.17, 15) is 0 Å². The molecule has 0 saturated carbocycles. The summed E-state index contributed by atoms with van der Waals surface area (Å²) in [7, 11) is 1.62. The fourth-order valence-electron chi connectivity index (χ4n) is 2.65. The maximum Gasteiger partial charge on any atom is 0.214 e. The van der Waals surface area contributed by atoms with Gasteiger partial charge < -0.3 is 14.9 Å². The second-order valence-corrected chi connectivity index (χ2v) is 7.67. The quantitative estimate of drug-likeness (QED) is 0.428. The van der Waals surface area contributed by atoms with E-state index in [1.54, 1.807) is 11.8 Å². The van der Waals surface area contributed by atoms with E-state index in [0.29, 0.717) is 34.4 Å². The summed E-state index contributed by atoms with van der Waals surface area (Å²) < 4.78 is 14.6. The number of nitrogens with zero attached hydrogens (tertiary/aromatic N) is 2. The van der Waals surface area contributed by atoms with E-state index in [-0.39, 0.29) is 0 Å². The number of aromatic nitrogens is 3. The largest absolute Gasteiger partial charge is 0.493 e. The lowest BCUT2D eigenvalue weighted by Crippen LogP contribution is -2.17. The van der Waals surface area contributed by atoms with Gasteiger partial charge in [-0.2, -0.15) is 5.10 Å². The Morgan fingerprint density at radius 1 is 1.25 bits per heavy atom. The number of nitrogens with one attached hydrogen (secondary N) is 2. The number of rotatable bonds is 8. The molecule has 0 unspecified atom stereocenters. The summed E-state index contributed by atoms with van der Waals surface area (Å²) in [6, 6.07) is 11.5. The van der Waals surface area contributed by atoms with Crippen molar-refractivity contribution in [1.29, 1.82) is 0 Å². The van der Waals surface area contributed by atoms with E-state index < -0.39 is 0 Å². The fraction of sp³-hybridized carbons (Fsp3) is 0.263. The molecule has 0 radical (unpaired) electrons. The molecule has 0 fully saturated rings. The van der Waals surface area contributed by atoms with Crippen LogP contribution in [0, 0.1) is 4.77 Å². The number of hydrogen-bond donors (Lipinski definition) is 2. The van der Waals surface area contributed by atoms with Crippen LogP contribution < -0.4 is 14.9 Å². The first-order valence-corrected chi connectivity index (χ1v) is 10.2. The normalized spacial score (nSPS) is 10.7. The van der Waals surface area contributed by atoms with Crippen molar-refractivity contribution in [1.82, 2.24) is 14.9 Å². The van der Waals surface area contributed by atoms with Gasteiger partial charge in [-0.25, -0.2) is 4.68 Å². The van der Waals surface area contributed by atoms with Crippen LogP contribution in [0.5, 0.6) is 11.5 Å². The van der Waals surface area contributed by atoms with Crippen LogP contribution in [0.25, 0.3) is 0 Å². The summed E-state index contributed by atoms with van der Waals surface area (Å²) in [5, 5.41) is 7.68. The number of halogens is 2. The molecule has 2 N–H and O–H groups in total. The summed E-state index contributed by atoms with van der Waals surface area (Å²) in [5.41, 5.74) is 5.31. The molecule has 0 bridgehead atoms. The minimum atomic E-state index is 0.410. The predicted octanol–water partition coefficient (Wildman–Crippen LogP) is 5.25. The van der Waals surface area contributed by atoms with Crippen molar-refractivity contribution >= 4 is 39.7 Å². The SMILES string of the molecule is CCc1n[nH]c(=S)n1NCc1cc(Br)c(OCc2ccc(Cl)cc2)c(OC)c1. The van der Waals surface area contributed by atoms with Crippen LogP contribution in [0.3, 0.4) is 0 Å². The Morgan fingerprint density at radius 2 is 2.00 bits per heavy atom. The minimum Gasteiger partial charge on any atom is -0.493 e. The third kappa shape index (κ3) is 4.87. The van der Waals surface area contributed by atoms with Gasteiger partial charge in [0.2, 0.25) is 4.77 Å². The van der Waals surface area contributed by atoms with Gasteiger partial charge in [-0.1, -0.05) is 30.7 Å². The van der Waals surface area contributed by atoms with Crippen LogP contribution in [0.1, 0.15) is 23.9 Å². The van der Waals surface area contributed by atoms with Crippen LogP contribution >= 0.6 is 39.7 Å². The van der Waals surface area contributed by atoms with Gasteiger partial charge in [0.05, 0.1) is 18.1 Å². The fourth-order valence-corrected chi connectivity index (χ4v) is 3.60. The molecule has 1 aromatic heterocycles. The standard InChI is InChI=1S/C19H20BrClN4O2S/c1-3-17-23-24-19(28)25(17)22-10-13-8-15(20)18(16(9-13)26-2)27-11-12-4-6-14(21)7-5-12/h4-9,22H,3,10-11H2,1-2H3,(H,24,28). The lowest BCUT2D eigenvalue weighted by molar-refractivity contribution is 0.282. The zero-order chi connectivity index (χ0) is 20.1. The van der Waals surface area contributed by atoms with E-state index in [1.807, 2.05) is 43.3 Å². The van der Waals surface area contributed by atoms with Crippen molar-refractivity contribution < 1.29 is 9.47 Å². The zero-order valence-electron chi connectivity index (χ0n) is 15.5. The third-order valence-corrected chi connectivity index (χ3v) is 5.20. The topological polar surface area (TPSA) is 64.1 Å². The van der Waals surface area contributed by atoms with Crippen molar-refractivity contribution in [2.24, 2.45) is 0 Å². The molecule has 9 heteroatoms. The van der Waals surface area contributed by atoms with Crippen LogP contribution in [-0.2, 0) is 19.6 Å². The van der Waals surface area contributed by atoms with Gasteiger partial charge in [-0.05, 0) is 63.5 Å². The molecular weight excluding hydrogens is 464 g/mol. The molecule has 3 aromatic rings. The maximum absolute atomic E-state index is 5.97. The van der Waals surface area contributed by atoms with Crippen molar-refractivity contribution in [2.45, 2.75) is 26.5 Å². The van der Waals surface area contributed by atoms with E-state index >= 15 is 0 Å². The summed E-state index contributed by atoms with van der Waals surface area (Å²) in [5.74, 6) is 2.14. The summed E-state index contributed by atoms with van der Waals surface area (Å²) >= 11 is 14.8. The first kappa shape index (κ1) is 20.7. The Kier molecular flexibility index (Phi) is 6.98. The highest BCUT2D eigenvalue weighted by molar-refractivity contribution is 9.10. The molecule has 2 aromatic carbocycles. The Morgan fingerprint density at radius 3 is 2.68 bits per heavy atom. The maximum atomic E-state index is 5.97. The van der Waals surface area contributed by atoms with Crippen LogP contribution in [0.15, 0.2) is 40.9 Å². The lowest BCUT2D eigenvalue weighted by atomic mass is 10.2. The smallest absolute Gasteiger partial charge is 0.214 e. The zero-order valence-corrected chi connectivity index (χ0v) is 18.6. The summed E-state index contributed by atoms with van der Waals surface area (Å²) in [6.07, 6.45) is 0.768. The average molecular weight is 484 g/mol. The van der Waals surface area contributed by atoms with Crippen LogP contribution in [0.4, 0.5) is 0 Å². The minimum absolute atomic E-state index is 0.410. The van der Waals surface area contributed by atoms with E-state index in [2.05, 4.69) is 31.6 Å². The predicted molar refractivity (Wildman–Crippen MR) is 116 cm³/mol. The number of aryl methyl sites for hydroxylation is 1. The molecule has 0 atom stereocenters. The molecule has 3 rings (SSSR count). The molecule has 0 amide bonds. The third-order valence-electron chi connectivity index (χ3n) is 4.08. The Bertz CT molecular complexity index is 1000. The van der Waals surface area contributed by atoms with Gasteiger partial charge in [0.25, 0.3) is 0 Å². The summed E-state index contributed by atoms with van der Waals surface area (Å²) in [4.78, 5) is 0. The van der Waals surface area contributed by atoms with Gasteiger partial charge in [0.15, 0.2) is 17.3 Å². The van der Waals surface area contributed by atoms with Gasteiger partial charge >= 0.3 is 0 Å². The second kappa shape index (κ2) is 9.45. The molecule has 0 aliphatic rings. The summed E-state index contributed by atoms with van der Waals surface area (Å²) in [6.45, 7) is 2.98. The van der Waals surface area contributed by atoms with Gasteiger partial charge in [-0.15, -0.1) is 0 Å². The van der Waals surface area contributed by atoms with E-state index in [1.165, 1.54) is 0 Å². The highest BCUT2D eigenvalue weighted by Gasteiger charge is 2.13. The lowest BCUT2D eigenvalue weighted by Gasteiger charge is -2.15. The monoisotopic (exact) mass is 482 g/mol. The van der Waals surface area contributed by atoms with E-state index in [0.717, 1.165) is 27.8 Å².